The molecule has 0 amide bonds. The van der Waals surface area contributed by atoms with Gasteiger partial charge in [-0.05, 0) is 11.1 Å². The number of hydrogen-bond acceptors (Lipinski definition) is 4. The van der Waals surface area contributed by atoms with Gasteiger partial charge in [0.15, 0.2) is 0 Å². The van der Waals surface area contributed by atoms with Gasteiger partial charge in [0.05, 0.1) is 26.4 Å². The predicted molar refractivity (Wildman–Crippen MR) is 86.9 cm³/mol. The zero-order chi connectivity index (χ0) is 15.9. The van der Waals surface area contributed by atoms with E-state index >= 15 is 0 Å². The van der Waals surface area contributed by atoms with Crippen molar-refractivity contribution in [1.82, 2.24) is 0 Å². The van der Waals surface area contributed by atoms with Crippen LogP contribution in [0.1, 0.15) is 11.1 Å². The molecule has 1 heterocycles. The average molecular weight is 314 g/mol. The molecule has 4 heteroatoms. The number of rotatable bonds is 7. The minimum absolute atomic E-state index is 0.238. The Balaban J connectivity index is 1.48. The van der Waals surface area contributed by atoms with E-state index in [0.29, 0.717) is 26.4 Å². The van der Waals surface area contributed by atoms with E-state index in [1.54, 1.807) is 0 Å². The number of aliphatic hydroxyl groups excluding tert-OH is 1. The largest absolute Gasteiger partial charge is 0.388 e. The summed E-state index contributed by atoms with van der Waals surface area (Å²) in [5, 5.41) is 10.0. The van der Waals surface area contributed by atoms with Gasteiger partial charge in [0.25, 0.3) is 0 Å². The molecule has 1 fully saturated rings. The van der Waals surface area contributed by atoms with Crippen molar-refractivity contribution in [3.63, 3.8) is 0 Å². The highest BCUT2D eigenvalue weighted by Gasteiger charge is 2.37. The highest BCUT2D eigenvalue weighted by molar-refractivity contribution is 5.14. The maximum Gasteiger partial charge on any atom is 0.114 e. The van der Waals surface area contributed by atoms with Crippen molar-refractivity contribution in [3.8, 4) is 0 Å². The Morgan fingerprint density at radius 2 is 1.52 bits per heavy atom. The lowest BCUT2D eigenvalue weighted by molar-refractivity contribution is -0.0741. The summed E-state index contributed by atoms with van der Waals surface area (Å²) in [6.45, 7) is 1.69. The minimum Gasteiger partial charge on any atom is -0.388 e. The van der Waals surface area contributed by atoms with Gasteiger partial charge < -0.3 is 19.3 Å². The Morgan fingerprint density at radius 1 is 0.913 bits per heavy atom. The Labute approximate surface area is 136 Å². The van der Waals surface area contributed by atoms with Crippen LogP contribution >= 0.6 is 0 Å². The monoisotopic (exact) mass is 314 g/mol. The van der Waals surface area contributed by atoms with Gasteiger partial charge >= 0.3 is 0 Å². The fraction of sp³-hybridized carbons (Fsp3) is 0.368. The van der Waals surface area contributed by atoms with Crippen LogP contribution in [0.2, 0.25) is 0 Å². The molecule has 0 aliphatic carbocycles. The number of aliphatic hydroxyl groups is 1. The van der Waals surface area contributed by atoms with Crippen molar-refractivity contribution >= 4 is 0 Å². The summed E-state index contributed by atoms with van der Waals surface area (Å²) in [5.41, 5.74) is 2.20. The molecule has 1 aliphatic heterocycles. The molecule has 2 aromatic carbocycles. The van der Waals surface area contributed by atoms with Crippen LogP contribution in [0.25, 0.3) is 0 Å². The maximum atomic E-state index is 10.0. The molecule has 2 aromatic rings. The molecule has 1 aliphatic rings. The minimum atomic E-state index is -0.607. The van der Waals surface area contributed by atoms with Crippen molar-refractivity contribution in [2.24, 2.45) is 0 Å². The Morgan fingerprint density at radius 3 is 2.17 bits per heavy atom. The first kappa shape index (κ1) is 16.1. The van der Waals surface area contributed by atoms with Crippen LogP contribution in [0.4, 0.5) is 0 Å². The van der Waals surface area contributed by atoms with Gasteiger partial charge in [-0.1, -0.05) is 60.7 Å². The molecular weight excluding hydrogens is 292 g/mol. The van der Waals surface area contributed by atoms with E-state index in [1.165, 1.54) is 0 Å². The van der Waals surface area contributed by atoms with Gasteiger partial charge in [0.2, 0.25) is 0 Å². The SMILES string of the molecule is O[C@H]1CO[C@H](COCc2ccccc2)[C@H]1OCc1ccccc1. The molecule has 122 valence electrons. The third kappa shape index (κ3) is 4.62. The van der Waals surface area contributed by atoms with E-state index in [4.69, 9.17) is 14.2 Å². The molecule has 3 rings (SSSR count). The molecule has 0 saturated carbocycles. The number of hydrogen-bond donors (Lipinski definition) is 1. The molecule has 3 atom stereocenters. The van der Waals surface area contributed by atoms with Gasteiger partial charge in [-0.2, -0.15) is 0 Å². The van der Waals surface area contributed by atoms with Crippen molar-refractivity contribution < 1.29 is 19.3 Å². The first-order valence-corrected chi connectivity index (χ1v) is 7.90. The molecule has 0 radical (unpaired) electrons. The Kier molecular flexibility index (Phi) is 5.77. The lowest BCUT2D eigenvalue weighted by Crippen LogP contribution is -2.35. The summed E-state index contributed by atoms with van der Waals surface area (Å²) in [6.07, 6.45) is -1.20. The molecular formula is C19H22O4. The van der Waals surface area contributed by atoms with E-state index in [2.05, 4.69) is 0 Å². The fourth-order valence-corrected chi connectivity index (χ4v) is 2.65. The standard InChI is InChI=1S/C19H22O4/c20-17-13-22-18(14-21-11-15-7-3-1-4-8-15)19(17)23-12-16-9-5-2-6-10-16/h1-10,17-20H,11-14H2/t17-,18+,19-/m0/s1. The van der Waals surface area contributed by atoms with E-state index in [-0.39, 0.29) is 12.2 Å². The van der Waals surface area contributed by atoms with Crippen molar-refractivity contribution in [2.45, 2.75) is 31.5 Å². The fourth-order valence-electron chi connectivity index (χ4n) is 2.65. The van der Waals surface area contributed by atoms with E-state index in [0.717, 1.165) is 11.1 Å². The predicted octanol–water partition coefficient (Wildman–Crippen LogP) is 2.55. The third-order valence-corrected chi connectivity index (χ3v) is 3.91. The normalized spacial score (nSPS) is 24.0. The van der Waals surface area contributed by atoms with Crippen molar-refractivity contribution in [3.05, 3.63) is 71.8 Å². The first-order valence-electron chi connectivity index (χ1n) is 7.90. The van der Waals surface area contributed by atoms with Crippen LogP contribution in [0.3, 0.4) is 0 Å². The van der Waals surface area contributed by atoms with E-state index in [9.17, 15) is 5.11 Å². The van der Waals surface area contributed by atoms with Gasteiger partial charge in [0, 0.05) is 0 Å². The van der Waals surface area contributed by atoms with Crippen LogP contribution in [0, 0.1) is 0 Å². The van der Waals surface area contributed by atoms with Crippen LogP contribution in [0.5, 0.6) is 0 Å². The summed E-state index contributed by atoms with van der Waals surface area (Å²) in [6, 6.07) is 19.9. The Hall–Kier alpha value is -1.72. The highest BCUT2D eigenvalue weighted by atomic mass is 16.6. The summed E-state index contributed by atoms with van der Waals surface area (Å²) >= 11 is 0. The smallest absolute Gasteiger partial charge is 0.114 e. The molecule has 0 spiro atoms. The molecule has 0 bridgehead atoms. The molecule has 0 aromatic heterocycles. The quantitative estimate of drug-likeness (QED) is 0.853. The lowest BCUT2D eigenvalue weighted by atomic mass is 10.1. The summed E-state index contributed by atoms with van der Waals surface area (Å²) in [7, 11) is 0. The number of benzene rings is 2. The third-order valence-electron chi connectivity index (χ3n) is 3.91. The highest BCUT2D eigenvalue weighted by Crippen LogP contribution is 2.20. The average Bonchev–Trinajstić information content (AvgIpc) is 2.95. The second-order valence-electron chi connectivity index (χ2n) is 5.70. The summed E-state index contributed by atoms with van der Waals surface area (Å²) in [4.78, 5) is 0. The van der Waals surface area contributed by atoms with Crippen molar-refractivity contribution in [1.29, 1.82) is 0 Å². The second-order valence-corrected chi connectivity index (χ2v) is 5.70. The van der Waals surface area contributed by atoms with Gasteiger partial charge in [-0.15, -0.1) is 0 Å². The zero-order valence-electron chi connectivity index (χ0n) is 13.0. The molecule has 23 heavy (non-hydrogen) atoms. The van der Waals surface area contributed by atoms with E-state index < -0.39 is 6.10 Å². The molecule has 4 nitrogen and oxygen atoms in total. The lowest BCUT2D eigenvalue weighted by Gasteiger charge is -2.21. The summed E-state index contributed by atoms with van der Waals surface area (Å²) < 4.78 is 17.2. The molecule has 1 N–H and O–H groups in total. The van der Waals surface area contributed by atoms with Crippen LogP contribution in [-0.4, -0.2) is 36.6 Å². The maximum absolute atomic E-state index is 10.0. The topological polar surface area (TPSA) is 47.9 Å². The first-order chi connectivity index (χ1) is 11.3. The van der Waals surface area contributed by atoms with Crippen LogP contribution in [0.15, 0.2) is 60.7 Å². The van der Waals surface area contributed by atoms with Crippen LogP contribution < -0.4 is 0 Å². The molecule has 1 saturated heterocycles. The zero-order valence-corrected chi connectivity index (χ0v) is 13.0. The van der Waals surface area contributed by atoms with E-state index in [1.807, 2.05) is 60.7 Å². The van der Waals surface area contributed by atoms with Gasteiger partial charge in [0.1, 0.15) is 18.3 Å². The number of ether oxygens (including phenoxy) is 3. The van der Waals surface area contributed by atoms with Crippen LogP contribution in [-0.2, 0) is 27.4 Å². The Bertz CT molecular complexity index is 572. The van der Waals surface area contributed by atoms with Gasteiger partial charge in [-0.3, -0.25) is 0 Å². The summed E-state index contributed by atoms with van der Waals surface area (Å²) in [5.74, 6) is 0. The van der Waals surface area contributed by atoms with Crippen molar-refractivity contribution in [2.75, 3.05) is 13.2 Å². The molecule has 0 unspecified atom stereocenters. The second kappa shape index (κ2) is 8.22. The van der Waals surface area contributed by atoms with Gasteiger partial charge in [-0.25, -0.2) is 0 Å².